The molecule has 0 radical (unpaired) electrons. The van der Waals surface area contributed by atoms with E-state index in [2.05, 4.69) is 9.71 Å². The highest BCUT2D eigenvalue weighted by Crippen LogP contribution is 2.44. The van der Waals surface area contributed by atoms with E-state index in [9.17, 15) is 8.60 Å². The molecule has 0 saturated carbocycles. The molecule has 0 fully saturated rings. The lowest BCUT2D eigenvalue weighted by atomic mass is 9.95. The standard InChI is InChI=1S/C18H20ClFN2O2S/c1-17(2,3)25(23)22-18(4)10-24-16-13(18)9-14(19)21-15(16)11-5-7-12(20)8-6-11/h5-9,22H,10H2,1-4H3. The van der Waals surface area contributed by atoms with Crippen molar-refractivity contribution in [3.8, 4) is 17.0 Å². The van der Waals surface area contributed by atoms with Crippen molar-refractivity contribution in [3.05, 3.63) is 46.9 Å². The molecule has 3 rings (SSSR count). The van der Waals surface area contributed by atoms with Gasteiger partial charge in [0.25, 0.3) is 0 Å². The first kappa shape index (κ1) is 18.3. The van der Waals surface area contributed by atoms with E-state index in [0.717, 1.165) is 5.56 Å². The molecule has 1 aliphatic heterocycles. The van der Waals surface area contributed by atoms with E-state index in [-0.39, 0.29) is 5.82 Å². The summed E-state index contributed by atoms with van der Waals surface area (Å²) in [5, 5.41) is 0.304. The lowest BCUT2D eigenvalue weighted by Crippen LogP contribution is -2.47. The van der Waals surface area contributed by atoms with Gasteiger partial charge in [-0.25, -0.2) is 18.3 Å². The maximum Gasteiger partial charge on any atom is 0.151 e. The number of rotatable bonds is 3. The molecule has 0 bridgehead atoms. The summed E-state index contributed by atoms with van der Waals surface area (Å²) in [5.74, 6) is 0.257. The van der Waals surface area contributed by atoms with Crippen molar-refractivity contribution in [2.24, 2.45) is 0 Å². The summed E-state index contributed by atoms with van der Waals surface area (Å²) in [7, 11) is -1.28. The van der Waals surface area contributed by atoms with E-state index in [4.69, 9.17) is 16.3 Å². The van der Waals surface area contributed by atoms with Crippen molar-refractivity contribution in [3.63, 3.8) is 0 Å². The molecule has 1 N–H and O–H groups in total. The first-order chi connectivity index (χ1) is 11.6. The highest BCUT2D eigenvalue weighted by molar-refractivity contribution is 7.84. The fraction of sp³-hybridized carbons (Fsp3) is 0.389. The largest absolute Gasteiger partial charge is 0.489 e. The highest BCUT2D eigenvalue weighted by atomic mass is 35.5. The minimum atomic E-state index is -1.28. The second-order valence-corrected chi connectivity index (χ2v) is 9.63. The monoisotopic (exact) mass is 382 g/mol. The molecule has 1 aliphatic rings. The number of nitrogens with one attached hydrogen (secondary N) is 1. The van der Waals surface area contributed by atoms with Gasteiger partial charge in [0.15, 0.2) is 5.75 Å². The smallest absolute Gasteiger partial charge is 0.151 e. The molecule has 0 aliphatic carbocycles. The minimum Gasteiger partial charge on any atom is -0.489 e. The van der Waals surface area contributed by atoms with Crippen LogP contribution in [0.25, 0.3) is 11.3 Å². The average molecular weight is 383 g/mol. The average Bonchev–Trinajstić information content (AvgIpc) is 2.83. The zero-order chi connectivity index (χ0) is 18.4. The van der Waals surface area contributed by atoms with Crippen LogP contribution in [0.15, 0.2) is 30.3 Å². The van der Waals surface area contributed by atoms with Gasteiger partial charge in [0, 0.05) is 11.1 Å². The van der Waals surface area contributed by atoms with Crippen LogP contribution in [0.1, 0.15) is 33.3 Å². The Morgan fingerprint density at radius 2 is 1.96 bits per heavy atom. The Hall–Kier alpha value is -1.50. The summed E-state index contributed by atoms with van der Waals surface area (Å²) in [6.45, 7) is 7.94. The van der Waals surface area contributed by atoms with Gasteiger partial charge in [-0.3, -0.25) is 0 Å². The number of hydrogen-bond donors (Lipinski definition) is 1. The van der Waals surface area contributed by atoms with Gasteiger partial charge in [0.05, 0.1) is 21.3 Å². The van der Waals surface area contributed by atoms with Gasteiger partial charge in [-0.2, -0.15) is 0 Å². The molecule has 7 heteroatoms. The number of aromatic nitrogens is 1. The first-order valence-electron chi connectivity index (χ1n) is 7.90. The predicted molar refractivity (Wildman–Crippen MR) is 98.5 cm³/mol. The number of nitrogens with zero attached hydrogens (tertiary/aromatic N) is 1. The molecule has 0 amide bonds. The summed E-state index contributed by atoms with van der Waals surface area (Å²) in [6.07, 6.45) is 0. The van der Waals surface area contributed by atoms with Crippen LogP contribution in [0.5, 0.6) is 5.75 Å². The van der Waals surface area contributed by atoms with Crippen LogP contribution in [-0.2, 0) is 16.5 Å². The molecule has 2 unspecified atom stereocenters. The molecule has 2 atom stereocenters. The third kappa shape index (κ3) is 3.57. The second-order valence-electron chi connectivity index (χ2n) is 7.28. The Morgan fingerprint density at radius 3 is 2.56 bits per heavy atom. The van der Waals surface area contributed by atoms with E-state index in [1.165, 1.54) is 12.1 Å². The van der Waals surface area contributed by atoms with Gasteiger partial charge >= 0.3 is 0 Å². The number of hydrogen-bond acceptors (Lipinski definition) is 3. The van der Waals surface area contributed by atoms with Gasteiger partial charge in [-0.05, 0) is 58.0 Å². The molecule has 0 saturated heterocycles. The van der Waals surface area contributed by atoms with Crippen molar-refractivity contribution < 1.29 is 13.3 Å². The fourth-order valence-electron chi connectivity index (χ4n) is 2.60. The van der Waals surface area contributed by atoms with Crippen molar-refractivity contribution in [1.29, 1.82) is 0 Å². The molecule has 4 nitrogen and oxygen atoms in total. The number of fused-ring (bicyclic) bond motifs is 1. The van der Waals surface area contributed by atoms with Crippen LogP contribution < -0.4 is 9.46 Å². The first-order valence-corrected chi connectivity index (χ1v) is 9.42. The summed E-state index contributed by atoms with van der Waals surface area (Å²) >= 11 is 6.22. The second kappa shape index (κ2) is 6.34. The quantitative estimate of drug-likeness (QED) is 0.809. The number of pyridine rings is 1. The Balaban J connectivity index is 2.06. The normalized spacial score (nSPS) is 20.9. The van der Waals surface area contributed by atoms with Crippen molar-refractivity contribution in [2.45, 2.75) is 38.0 Å². The van der Waals surface area contributed by atoms with Gasteiger partial charge < -0.3 is 4.74 Å². The Labute approximate surface area is 154 Å². The molecule has 0 spiro atoms. The van der Waals surface area contributed by atoms with Crippen LogP contribution in [0.4, 0.5) is 4.39 Å². The summed E-state index contributed by atoms with van der Waals surface area (Å²) in [6, 6.07) is 7.72. The molecule has 2 heterocycles. The van der Waals surface area contributed by atoms with Crippen LogP contribution in [0, 0.1) is 5.82 Å². The van der Waals surface area contributed by atoms with Crippen LogP contribution in [0.2, 0.25) is 5.15 Å². The third-order valence-electron chi connectivity index (χ3n) is 4.03. The van der Waals surface area contributed by atoms with Crippen LogP contribution in [0.3, 0.4) is 0 Å². The summed E-state index contributed by atoms with van der Waals surface area (Å²) < 4.78 is 34.4. The van der Waals surface area contributed by atoms with Gasteiger partial charge in [0.1, 0.15) is 23.3 Å². The summed E-state index contributed by atoms with van der Waals surface area (Å²) in [4.78, 5) is 4.35. The number of ether oxygens (including phenoxy) is 1. The molecule has 1 aromatic heterocycles. The lowest BCUT2D eigenvalue weighted by molar-refractivity contribution is 0.269. The van der Waals surface area contributed by atoms with Gasteiger partial charge in [0.2, 0.25) is 0 Å². The van der Waals surface area contributed by atoms with Crippen LogP contribution in [-0.4, -0.2) is 20.5 Å². The molecule has 2 aromatic rings. The van der Waals surface area contributed by atoms with Gasteiger partial charge in [-0.1, -0.05) is 11.6 Å². The summed E-state index contributed by atoms with van der Waals surface area (Å²) in [5.41, 5.74) is 1.40. The molecular formula is C18H20ClFN2O2S. The van der Waals surface area contributed by atoms with E-state index >= 15 is 0 Å². The minimum absolute atomic E-state index is 0.304. The zero-order valence-electron chi connectivity index (χ0n) is 14.5. The Bertz CT molecular complexity index is 836. The van der Waals surface area contributed by atoms with Crippen molar-refractivity contribution in [2.75, 3.05) is 6.61 Å². The Morgan fingerprint density at radius 1 is 1.32 bits per heavy atom. The maximum atomic E-state index is 13.2. The molecular weight excluding hydrogens is 363 g/mol. The van der Waals surface area contributed by atoms with E-state index in [1.807, 2.05) is 27.7 Å². The SMILES string of the molecule is CC1(NS(=O)C(C)(C)C)COc2c1cc(Cl)nc2-c1ccc(F)cc1. The van der Waals surface area contributed by atoms with Crippen molar-refractivity contribution in [1.82, 2.24) is 9.71 Å². The van der Waals surface area contributed by atoms with E-state index in [0.29, 0.717) is 28.8 Å². The number of halogens is 2. The highest BCUT2D eigenvalue weighted by Gasteiger charge is 2.41. The van der Waals surface area contributed by atoms with Crippen molar-refractivity contribution >= 4 is 22.6 Å². The molecule has 25 heavy (non-hydrogen) atoms. The Kier molecular flexibility index (Phi) is 4.64. The zero-order valence-corrected chi connectivity index (χ0v) is 16.1. The fourth-order valence-corrected chi connectivity index (χ4v) is 3.68. The van der Waals surface area contributed by atoms with E-state index < -0.39 is 21.3 Å². The predicted octanol–water partition coefficient (Wildman–Crippen LogP) is 4.20. The lowest BCUT2D eigenvalue weighted by Gasteiger charge is -2.28. The topological polar surface area (TPSA) is 51.2 Å². The van der Waals surface area contributed by atoms with Gasteiger partial charge in [-0.15, -0.1) is 0 Å². The molecule has 1 aromatic carbocycles. The molecule has 134 valence electrons. The maximum absolute atomic E-state index is 13.2. The van der Waals surface area contributed by atoms with Crippen LogP contribution >= 0.6 is 11.6 Å². The third-order valence-corrected chi connectivity index (χ3v) is 5.98. The number of benzene rings is 1. The van der Waals surface area contributed by atoms with E-state index in [1.54, 1.807) is 18.2 Å².